The van der Waals surface area contributed by atoms with Crippen molar-refractivity contribution in [2.24, 2.45) is 0 Å². The topological polar surface area (TPSA) is 60.3 Å². The van der Waals surface area contributed by atoms with Crippen LogP contribution in [0.25, 0.3) is 0 Å². The highest BCUT2D eigenvalue weighted by Crippen LogP contribution is 2.29. The quantitative estimate of drug-likeness (QED) is 0.335. The van der Waals surface area contributed by atoms with Gasteiger partial charge in [0.2, 0.25) is 0 Å². The average molecular weight is 507 g/mol. The first-order chi connectivity index (χ1) is 15.9. The lowest BCUT2D eigenvalue weighted by Crippen LogP contribution is -2.30. The van der Waals surface area contributed by atoms with Crippen LogP contribution >= 0.6 is 35.4 Å². The summed E-state index contributed by atoms with van der Waals surface area (Å²) in [6.07, 6.45) is 0.784. The molecule has 0 radical (unpaired) electrons. The number of ether oxygens (including phenoxy) is 2. The summed E-state index contributed by atoms with van der Waals surface area (Å²) in [5, 5.41) is 12.7. The van der Waals surface area contributed by atoms with Crippen molar-refractivity contribution in [3.63, 3.8) is 0 Å². The number of halogens is 2. The van der Waals surface area contributed by atoms with E-state index in [0.29, 0.717) is 47.3 Å². The largest absolute Gasteiger partial charge is 0.490 e. The Morgan fingerprint density at radius 1 is 1.03 bits per heavy atom. The Kier molecular flexibility index (Phi) is 9.23. The van der Waals surface area contributed by atoms with Crippen LogP contribution in [0.4, 0.5) is 5.82 Å². The minimum absolute atomic E-state index is 0.478. The number of nitrogens with zero attached hydrogens (tertiary/aromatic N) is 2. The number of aromatic nitrogens is 2. The first kappa shape index (κ1) is 25.1. The molecule has 1 aromatic heterocycles. The highest BCUT2D eigenvalue weighted by molar-refractivity contribution is 7.80. The first-order valence-electron chi connectivity index (χ1n) is 10.8. The molecule has 0 saturated heterocycles. The monoisotopic (exact) mass is 506 g/mol. The number of hydrogen-bond donors (Lipinski definition) is 2. The second-order valence-corrected chi connectivity index (χ2v) is 8.53. The fourth-order valence-electron chi connectivity index (χ4n) is 3.30. The van der Waals surface area contributed by atoms with E-state index in [1.54, 1.807) is 0 Å². The molecule has 6 nitrogen and oxygen atoms in total. The molecule has 0 spiro atoms. The minimum Gasteiger partial charge on any atom is -0.490 e. The molecular weight excluding hydrogens is 479 g/mol. The van der Waals surface area contributed by atoms with Crippen LogP contribution in [0.3, 0.4) is 0 Å². The summed E-state index contributed by atoms with van der Waals surface area (Å²) in [5.41, 5.74) is 2.93. The zero-order valence-corrected chi connectivity index (χ0v) is 21.3. The molecule has 0 fully saturated rings. The Morgan fingerprint density at radius 2 is 1.73 bits per heavy atom. The Bertz CT molecular complexity index is 1080. The van der Waals surface area contributed by atoms with Crippen molar-refractivity contribution >= 4 is 46.4 Å². The van der Waals surface area contributed by atoms with Gasteiger partial charge in [0, 0.05) is 33.9 Å². The Hall–Kier alpha value is -2.48. The number of rotatable bonds is 10. The summed E-state index contributed by atoms with van der Waals surface area (Å²) in [6, 6.07) is 13.4. The molecule has 0 amide bonds. The van der Waals surface area contributed by atoms with E-state index < -0.39 is 0 Å². The fourth-order valence-corrected chi connectivity index (χ4v) is 4.02. The molecule has 3 aromatic rings. The maximum Gasteiger partial charge on any atom is 0.172 e. The molecule has 3 rings (SSSR count). The van der Waals surface area contributed by atoms with Gasteiger partial charge in [0.1, 0.15) is 0 Å². The summed E-state index contributed by atoms with van der Waals surface area (Å²) in [6.45, 7) is 8.22. The number of anilines is 1. The number of thiocarbonyl (C=S) groups is 1. The third kappa shape index (κ3) is 7.00. The third-order valence-electron chi connectivity index (χ3n) is 4.90. The standard InChI is InChI=1S/C24H28Cl2N4O2S/c1-4-31-21-10-9-17(14-22(21)32-5-2)11-12-27-24(33)28-23-13-16(3)30(29-23)15-18-19(25)7-6-8-20(18)26/h6-10,13-14H,4-5,11-12,15H2,1-3H3,(H2,27,28,29,33). The fraction of sp³-hybridized carbons (Fsp3) is 0.333. The molecule has 0 unspecified atom stereocenters. The molecular formula is C24H28Cl2N4O2S. The molecule has 0 saturated carbocycles. The molecule has 0 aliphatic rings. The van der Waals surface area contributed by atoms with Gasteiger partial charge in [0.25, 0.3) is 0 Å². The lowest BCUT2D eigenvalue weighted by atomic mass is 10.1. The molecule has 0 bridgehead atoms. The predicted molar refractivity (Wildman–Crippen MR) is 139 cm³/mol. The van der Waals surface area contributed by atoms with Gasteiger partial charge in [0.15, 0.2) is 22.4 Å². The van der Waals surface area contributed by atoms with Crippen LogP contribution in [-0.4, -0.2) is 34.7 Å². The second kappa shape index (κ2) is 12.1. The van der Waals surface area contributed by atoms with Crippen LogP contribution < -0.4 is 20.1 Å². The van der Waals surface area contributed by atoms with Crippen LogP contribution in [0.2, 0.25) is 10.0 Å². The van der Waals surface area contributed by atoms with E-state index in [0.717, 1.165) is 34.7 Å². The van der Waals surface area contributed by atoms with Crippen molar-refractivity contribution in [3.8, 4) is 11.5 Å². The van der Waals surface area contributed by atoms with E-state index in [2.05, 4.69) is 15.7 Å². The summed E-state index contributed by atoms with van der Waals surface area (Å²) in [4.78, 5) is 0. The van der Waals surface area contributed by atoms with E-state index in [-0.39, 0.29) is 0 Å². The highest BCUT2D eigenvalue weighted by Gasteiger charge is 2.11. The molecule has 33 heavy (non-hydrogen) atoms. The maximum atomic E-state index is 6.30. The minimum atomic E-state index is 0.478. The van der Waals surface area contributed by atoms with Gasteiger partial charge in [-0.2, -0.15) is 5.10 Å². The second-order valence-electron chi connectivity index (χ2n) is 7.31. The third-order valence-corrected chi connectivity index (χ3v) is 5.85. The van der Waals surface area contributed by atoms with Crippen molar-refractivity contribution < 1.29 is 9.47 Å². The summed E-state index contributed by atoms with van der Waals surface area (Å²) < 4.78 is 13.2. The maximum absolute atomic E-state index is 6.30. The molecule has 9 heteroatoms. The summed E-state index contributed by atoms with van der Waals surface area (Å²) in [7, 11) is 0. The van der Waals surface area contributed by atoms with Crippen LogP contribution in [-0.2, 0) is 13.0 Å². The highest BCUT2D eigenvalue weighted by atomic mass is 35.5. The number of nitrogens with one attached hydrogen (secondary N) is 2. The lowest BCUT2D eigenvalue weighted by molar-refractivity contribution is 0.287. The van der Waals surface area contributed by atoms with E-state index in [9.17, 15) is 0 Å². The predicted octanol–water partition coefficient (Wildman–Crippen LogP) is 5.87. The van der Waals surface area contributed by atoms with Gasteiger partial charge in [-0.1, -0.05) is 35.3 Å². The van der Waals surface area contributed by atoms with Gasteiger partial charge in [-0.05, 0) is 69.2 Å². The zero-order chi connectivity index (χ0) is 23.8. The Morgan fingerprint density at radius 3 is 2.42 bits per heavy atom. The molecule has 2 N–H and O–H groups in total. The number of hydrogen-bond acceptors (Lipinski definition) is 4. The molecule has 0 aliphatic carbocycles. The molecule has 2 aromatic carbocycles. The summed E-state index contributed by atoms with van der Waals surface area (Å²) >= 11 is 18.0. The van der Waals surface area contributed by atoms with Crippen LogP contribution in [0.15, 0.2) is 42.5 Å². The van der Waals surface area contributed by atoms with Crippen LogP contribution in [0, 0.1) is 6.92 Å². The van der Waals surface area contributed by atoms with Crippen molar-refractivity contribution in [2.45, 2.75) is 33.7 Å². The van der Waals surface area contributed by atoms with Gasteiger partial charge >= 0.3 is 0 Å². The van der Waals surface area contributed by atoms with Gasteiger partial charge in [-0.3, -0.25) is 4.68 Å². The normalized spacial score (nSPS) is 10.7. The summed E-state index contributed by atoms with van der Waals surface area (Å²) in [5.74, 6) is 2.18. The molecule has 0 aliphatic heterocycles. The van der Waals surface area contributed by atoms with Crippen molar-refractivity contribution in [1.29, 1.82) is 0 Å². The smallest absolute Gasteiger partial charge is 0.172 e. The average Bonchev–Trinajstić information content (AvgIpc) is 3.11. The van der Waals surface area contributed by atoms with Gasteiger partial charge in [-0.25, -0.2) is 0 Å². The Balaban J connectivity index is 1.54. The van der Waals surface area contributed by atoms with E-state index >= 15 is 0 Å². The SMILES string of the molecule is CCOc1ccc(CCNC(=S)Nc2cc(C)n(Cc3c(Cl)cccc3Cl)n2)cc1OCC. The van der Waals surface area contributed by atoms with Crippen molar-refractivity contribution in [2.75, 3.05) is 25.1 Å². The van der Waals surface area contributed by atoms with Crippen molar-refractivity contribution in [1.82, 2.24) is 15.1 Å². The number of benzene rings is 2. The van der Waals surface area contributed by atoms with Gasteiger partial charge in [-0.15, -0.1) is 0 Å². The van der Waals surface area contributed by atoms with Gasteiger partial charge in [0.05, 0.1) is 19.8 Å². The van der Waals surface area contributed by atoms with Crippen molar-refractivity contribution in [3.05, 3.63) is 69.3 Å². The van der Waals surface area contributed by atoms with E-state index in [4.69, 9.17) is 44.9 Å². The van der Waals surface area contributed by atoms with Crippen LogP contribution in [0.1, 0.15) is 30.7 Å². The lowest BCUT2D eigenvalue weighted by Gasteiger charge is -2.13. The molecule has 0 atom stereocenters. The Labute approximate surface area is 210 Å². The van der Waals surface area contributed by atoms with E-state index in [1.165, 1.54) is 0 Å². The number of aryl methyl sites for hydroxylation is 1. The molecule has 176 valence electrons. The van der Waals surface area contributed by atoms with Gasteiger partial charge < -0.3 is 20.1 Å². The first-order valence-corrected chi connectivity index (χ1v) is 12.0. The molecule has 1 heterocycles. The zero-order valence-electron chi connectivity index (χ0n) is 19.0. The van der Waals surface area contributed by atoms with Crippen LogP contribution in [0.5, 0.6) is 11.5 Å². The van der Waals surface area contributed by atoms with E-state index in [1.807, 2.05) is 67.9 Å².